The minimum absolute atomic E-state index is 0.0857. The first-order valence-electron chi connectivity index (χ1n) is 10.6. The lowest BCUT2D eigenvalue weighted by Gasteiger charge is -2.30. The second-order valence-electron chi connectivity index (χ2n) is 7.46. The van der Waals surface area contributed by atoms with Crippen LogP contribution in [0.5, 0.6) is 0 Å². The summed E-state index contributed by atoms with van der Waals surface area (Å²) in [5.74, 6) is 2.95. The second kappa shape index (κ2) is 11.4. The number of fused-ring (bicyclic) bond motifs is 1. The van der Waals surface area contributed by atoms with Gasteiger partial charge in [0.1, 0.15) is 5.03 Å². The van der Waals surface area contributed by atoms with Crippen molar-refractivity contribution in [2.45, 2.75) is 38.6 Å². The molecule has 1 aliphatic heterocycles. The number of rotatable bonds is 8. The molecule has 0 saturated heterocycles. The molecule has 2 heterocycles. The Balaban J connectivity index is 1.56. The molecular weight excluding hydrogens is 428 g/mol. The summed E-state index contributed by atoms with van der Waals surface area (Å²) < 4.78 is 0. The number of hydrogen-bond acceptors (Lipinski definition) is 5. The van der Waals surface area contributed by atoms with Gasteiger partial charge in [-0.3, -0.25) is 9.69 Å². The molecule has 0 spiro atoms. The van der Waals surface area contributed by atoms with Gasteiger partial charge in [0.15, 0.2) is 0 Å². The Labute approximate surface area is 193 Å². The molecule has 1 aromatic heterocycles. The van der Waals surface area contributed by atoms with E-state index in [0.29, 0.717) is 24.3 Å². The molecule has 0 fully saturated rings. The summed E-state index contributed by atoms with van der Waals surface area (Å²) in [7, 11) is 0. The smallest absolute Gasteiger partial charge is 0.326 e. The summed E-state index contributed by atoms with van der Waals surface area (Å²) in [4.78, 5) is 31.6. The fourth-order valence-corrected chi connectivity index (χ4v) is 5.32. The normalized spacial score (nSPS) is 12.9. The molecule has 0 atom stereocenters. The molecule has 2 aromatic rings. The largest absolute Gasteiger partial charge is 0.352 e. The Bertz CT molecular complexity index is 919. The molecule has 0 radical (unpaired) electrons. The predicted octanol–water partition coefficient (Wildman–Crippen LogP) is 5.11. The minimum atomic E-state index is -0.183. The van der Waals surface area contributed by atoms with Gasteiger partial charge >= 0.3 is 6.03 Å². The lowest BCUT2D eigenvalue weighted by atomic mass is 10.2. The third-order valence-corrected chi connectivity index (χ3v) is 7.07. The Morgan fingerprint density at radius 1 is 1.19 bits per heavy atom. The highest BCUT2D eigenvalue weighted by molar-refractivity contribution is 7.99. The summed E-state index contributed by atoms with van der Waals surface area (Å²) in [5, 5.41) is 6.80. The molecule has 0 unspecified atom stereocenters. The molecule has 8 heteroatoms. The van der Waals surface area contributed by atoms with Crippen molar-refractivity contribution >= 4 is 46.8 Å². The van der Waals surface area contributed by atoms with Crippen LogP contribution in [0, 0.1) is 13.8 Å². The highest BCUT2D eigenvalue weighted by atomic mass is 32.2. The number of hydrogen-bond donors (Lipinski definition) is 2. The van der Waals surface area contributed by atoms with Gasteiger partial charge in [0.25, 0.3) is 5.91 Å². The van der Waals surface area contributed by atoms with Gasteiger partial charge in [-0.15, -0.1) is 11.8 Å². The number of aromatic nitrogens is 1. The fourth-order valence-electron chi connectivity index (χ4n) is 3.39. The lowest BCUT2D eigenvalue weighted by Crippen LogP contribution is -2.39. The molecule has 0 bridgehead atoms. The summed E-state index contributed by atoms with van der Waals surface area (Å²) >= 11 is 3.60. The first-order valence-corrected chi connectivity index (χ1v) is 12.8. The van der Waals surface area contributed by atoms with E-state index >= 15 is 0 Å². The van der Waals surface area contributed by atoms with Crippen LogP contribution >= 0.6 is 23.5 Å². The first-order chi connectivity index (χ1) is 15.0. The zero-order valence-electron chi connectivity index (χ0n) is 18.4. The molecule has 0 aliphatic carbocycles. The van der Waals surface area contributed by atoms with E-state index in [1.165, 1.54) is 12.2 Å². The van der Waals surface area contributed by atoms with Gasteiger partial charge in [0.2, 0.25) is 0 Å². The van der Waals surface area contributed by atoms with Gasteiger partial charge in [-0.25, -0.2) is 9.78 Å². The zero-order chi connectivity index (χ0) is 22.2. The molecule has 1 aliphatic rings. The van der Waals surface area contributed by atoms with Gasteiger partial charge in [-0.1, -0.05) is 6.92 Å². The number of carbonyl (C=O) groups excluding carboxylic acids is 2. The van der Waals surface area contributed by atoms with Gasteiger partial charge in [-0.2, -0.15) is 11.8 Å². The van der Waals surface area contributed by atoms with E-state index < -0.39 is 0 Å². The third kappa shape index (κ3) is 6.40. The second-order valence-corrected chi connectivity index (χ2v) is 9.77. The van der Waals surface area contributed by atoms with Crippen molar-refractivity contribution < 1.29 is 9.59 Å². The van der Waals surface area contributed by atoms with Crippen molar-refractivity contribution in [3.63, 3.8) is 0 Å². The predicted molar refractivity (Wildman–Crippen MR) is 132 cm³/mol. The molecule has 1 aromatic carbocycles. The molecule has 3 rings (SSSR count). The Morgan fingerprint density at radius 3 is 2.71 bits per heavy atom. The maximum absolute atomic E-state index is 12.9. The van der Waals surface area contributed by atoms with Gasteiger partial charge in [-0.05, 0) is 74.1 Å². The number of carbonyl (C=O) groups is 2. The highest BCUT2D eigenvalue weighted by Gasteiger charge is 2.26. The lowest BCUT2D eigenvalue weighted by molar-refractivity contribution is 0.0954. The van der Waals surface area contributed by atoms with Crippen LogP contribution < -0.4 is 15.5 Å². The molecule has 166 valence electrons. The quantitative estimate of drug-likeness (QED) is 0.538. The zero-order valence-corrected chi connectivity index (χ0v) is 20.0. The average molecular weight is 459 g/mol. The van der Waals surface area contributed by atoms with E-state index in [9.17, 15) is 9.59 Å². The van der Waals surface area contributed by atoms with Crippen LogP contribution in [0.4, 0.5) is 16.2 Å². The Morgan fingerprint density at radius 2 is 1.97 bits per heavy atom. The summed E-state index contributed by atoms with van der Waals surface area (Å²) in [5.41, 5.74) is 4.14. The monoisotopic (exact) mass is 458 g/mol. The standard InChI is InChI=1S/C23H30N4O2S2/c1-4-12-30-13-5-10-24-21(28)18-6-8-19(9-7-18)26-23(29)27-11-14-31-22-20(27)16(2)15-17(3)25-22/h6-9,15H,4-5,10-14H2,1-3H3,(H,24,28)(H,26,29). The number of anilines is 2. The number of amides is 3. The van der Waals surface area contributed by atoms with Crippen molar-refractivity contribution in [2.75, 3.05) is 40.6 Å². The Kier molecular flexibility index (Phi) is 8.66. The molecule has 2 N–H and O–H groups in total. The van der Waals surface area contributed by atoms with Crippen molar-refractivity contribution in [3.05, 3.63) is 47.2 Å². The SMILES string of the molecule is CCCSCCCNC(=O)c1ccc(NC(=O)N2CCSc3nc(C)cc(C)c32)cc1. The third-order valence-electron chi connectivity index (χ3n) is 4.85. The number of thioether (sulfide) groups is 2. The molecular formula is C23H30N4O2S2. The number of nitrogens with zero attached hydrogens (tertiary/aromatic N) is 2. The van der Waals surface area contributed by atoms with E-state index in [1.54, 1.807) is 40.9 Å². The average Bonchev–Trinajstić information content (AvgIpc) is 2.75. The Hall–Kier alpha value is -2.19. The van der Waals surface area contributed by atoms with Crippen molar-refractivity contribution in [1.82, 2.24) is 10.3 Å². The topological polar surface area (TPSA) is 74.3 Å². The first kappa shape index (κ1) is 23.5. The number of aryl methyl sites for hydroxylation is 2. The van der Waals surface area contributed by atoms with Crippen LogP contribution in [0.25, 0.3) is 0 Å². The van der Waals surface area contributed by atoms with E-state index in [1.807, 2.05) is 31.7 Å². The minimum Gasteiger partial charge on any atom is -0.352 e. The summed E-state index contributed by atoms with van der Waals surface area (Å²) in [6.45, 7) is 7.45. The van der Waals surface area contributed by atoms with Gasteiger partial charge in [0, 0.05) is 35.8 Å². The van der Waals surface area contributed by atoms with Crippen molar-refractivity contribution in [1.29, 1.82) is 0 Å². The number of benzene rings is 1. The highest BCUT2D eigenvalue weighted by Crippen LogP contribution is 2.36. The maximum Gasteiger partial charge on any atom is 0.326 e. The van der Waals surface area contributed by atoms with Crippen LogP contribution in [0.2, 0.25) is 0 Å². The summed E-state index contributed by atoms with van der Waals surface area (Å²) in [6.07, 6.45) is 2.15. The number of nitrogens with one attached hydrogen (secondary N) is 2. The van der Waals surface area contributed by atoms with Crippen LogP contribution in [0.15, 0.2) is 35.4 Å². The van der Waals surface area contributed by atoms with Gasteiger partial charge < -0.3 is 10.6 Å². The molecule has 31 heavy (non-hydrogen) atoms. The van der Waals surface area contributed by atoms with Crippen molar-refractivity contribution in [2.24, 2.45) is 0 Å². The van der Waals surface area contributed by atoms with Gasteiger partial charge in [0.05, 0.1) is 5.69 Å². The van der Waals surface area contributed by atoms with Crippen molar-refractivity contribution in [3.8, 4) is 0 Å². The number of pyridine rings is 1. The number of urea groups is 1. The van der Waals surface area contributed by atoms with Crippen LogP contribution in [0.1, 0.15) is 41.4 Å². The van der Waals surface area contributed by atoms with E-state index in [4.69, 9.17) is 0 Å². The summed E-state index contributed by atoms with van der Waals surface area (Å²) in [6, 6.07) is 8.84. The van der Waals surface area contributed by atoms with E-state index in [0.717, 1.165) is 39.9 Å². The molecule has 6 nitrogen and oxygen atoms in total. The van der Waals surface area contributed by atoms with Crippen LogP contribution in [0.3, 0.4) is 0 Å². The maximum atomic E-state index is 12.9. The van der Waals surface area contributed by atoms with Crippen LogP contribution in [-0.4, -0.2) is 47.3 Å². The fraction of sp³-hybridized carbons (Fsp3) is 0.435. The van der Waals surface area contributed by atoms with E-state index in [-0.39, 0.29) is 11.9 Å². The van der Waals surface area contributed by atoms with E-state index in [2.05, 4.69) is 22.5 Å². The molecule has 3 amide bonds. The molecule has 0 saturated carbocycles. The van der Waals surface area contributed by atoms with Crippen LogP contribution in [-0.2, 0) is 0 Å².